The smallest absolute Gasteiger partial charge is 0.245 e. The zero-order valence-corrected chi connectivity index (χ0v) is 11.0. The lowest BCUT2D eigenvalue weighted by atomic mass is 10.1. The van der Waals surface area contributed by atoms with E-state index in [1.54, 1.807) is 24.1 Å². The number of alkyl halides is 1. The molecule has 2 rings (SSSR count). The summed E-state index contributed by atoms with van der Waals surface area (Å²) in [4.78, 5) is 13.9. The van der Waals surface area contributed by atoms with Crippen molar-refractivity contribution in [1.29, 1.82) is 0 Å². The van der Waals surface area contributed by atoms with E-state index in [-0.39, 0.29) is 5.91 Å². The molecule has 1 aromatic rings. The van der Waals surface area contributed by atoms with Gasteiger partial charge in [-0.15, -0.1) is 11.6 Å². The average molecular weight is 270 g/mol. The molecule has 18 heavy (non-hydrogen) atoms. The first-order chi connectivity index (χ1) is 8.72. The summed E-state index contributed by atoms with van der Waals surface area (Å²) in [6, 6.07) is 7.23. The van der Waals surface area contributed by atoms with Gasteiger partial charge in [0, 0.05) is 13.1 Å². The Hall–Kier alpha value is -1.26. The van der Waals surface area contributed by atoms with Gasteiger partial charge in [-0.2, -0.15) is 0 Å². The Morgan fingerprint density at radius 3 is 2.50 bits per heavy atom. The maximum Gasteiger partial charge on any atom is 0.245 e. The van der Waals surface area contributed by atoms with Crippen molar-refractivity contribution in [2.45, 2.75) is 5.38 Å². The van der Waals surface area contributed by atoms with Crippen LogP contribution in [-0.4, -0.2) is 44.2 Å². The third-order valence-electron chi connectivity index (χ3n) is 2.95. The highest BCUT2D eigenvalue weighted by atomic mass is 35.5. The van der Waals surface area contributed by atoms with Gasteiger partial charge in [-0.25, -0.2) is 0 Å². The van der Waals surface area contributed by atoms with Gasteiger partial charge < -0.3 is 14.4 Å². The fourth-order valence-corrected chi connectivity index (χ4v) is 2.14. The number of nitrogens with zero attached hydrogens (tertiary/aromatic N) is 1. The summed E-state index contributed by atoms with van der Waals surface area (Å²) in [7, 11) is 1.60. The molecular formula is C13H16ClNO3. The minimum Gasteiger partial charge on any atom is -0.497 e. The zero-order valence-electron chi connectivity index (χ0n) is 10.3. The second kappa shape index (κ2) is 6.07. The lowest BCUT2D eigenvalue weighted by Crippen LogP contribution is -2.42. The van der Waals surface area contributed by atoms with Crippen LogP contribution in [0.1, 0.15) is 10.9 Å². The van der Waals surface area contributed by atoms with Crippen molar-refractivity contribution in [3.05, 3.63) is 29.8 Å². The maximum atomic E-state index is 12.2. The standard InChI is InChI=1S/C13H16ClNO3/c1-17-11-4-2-10(3-5-11)12(14)13(16)15-6-8-18-9-7-15/h2-5,12H,6-9H2,1H3. The monoisotopic (exact) mass is 269 g/mol. The van der Waals surface area contributed by atoms with Gasteiger partial charge in [-0.1, -0.05) is 12.1 Å². The van der Waals surface area contributed by atoms with Crippen molar-refractivity contribution in [1.82, 2.24) is 4.90 Å². The molecule has 1 saturated heterocycles. The Kier molecular flexibility index (Phi) is 4.44. The van der Waals surface area contributed by atoms with E-state index in [0.717, 1.165) is 11.3 Å². The molecule has 4 nitrogen and oxygen atoms in total. The maximum absolute atomic E-state index is 12.2. The molecule has 0 N–H and O–H groups in total. The highest BCUT2D eigenvalue weighted by Crippen LogP contribution is 2.25. The van der Waals surface area contributed by atoms with Crippen LogP contribution in [0.15, 0.2) is 24.3 Å². The average Bonchev–Trinajstić information content (AvgIpc) is 2.47. The number of benzene rings is 1. The molecule has 0 bridgehead atoms. The number of methoxy groups -OCH3 is 1. The van der Waals surface area contributed by atoms with Crippen LogP contribution >= 0.6 is 11.6 Å². The molecule has 1 aliphatic heterocycles. The van der Waals surface area contributed by atoms with Gasteiger partial charge in [-0.3, -0.25) is 4.79 Å². The first kappa shape index (κ1) is 13.2. The molecule has 1 atom stereocenters. The van der Waals surface area contributed by atoms with Crippen LogP contribution in [0.3, 0.4) is 0 Å². The normalized spacial score (nSPS) is 17.3. The van der Waals surface area contributed by atoms with Crippen LogP contribution in [0, 0.1) is 0 Å². The third-order valence-corrected chi connectivity index (χ3v) is 3.39. The molecule has 1 unspecified atom stereocenters. The molecule has 5 heteroatoms. The summed E-state index contributed by atoms with van der Waals surface area (Å²) in [5.41, 5.74) is 0.786. The van der Waals surface area contributed by atoms with E-state index < -0.39 is 5.38 Å². The highest BCUT2D eigenvalue weighted by Gasteiger charge is 2.25. The fourth-order valence-electron chi connectivity index (χ4n) is 1.86. The Morgan fingerprint density at radius 2 is 1.94 bits per heavy atom. The van der Waals surface area contributed by atoms with Crippen molar-refractivity contribution in [3.63, 3.8) is 0 Å². The van der Waals surface area contributed by atoms with Gasteiger partial charge in [0.15, 0.2) is 0 Å². The minimum absolute atomic E-state index is 0.0647. The summed E-state index contributed by atoms with van der Waals surface area (Å²) in [6.45, 7) is 2.38. The number of hydrogen-bond acceptors (Lipinski definition) is 3. The fraction of sp³-hybridized carbons (Fsp3) is 0.462. The SMILES string of the molecule is COc1ccc(C(Cl)C(=O)N2CCOCC2)cc1. The Morgan fingerprint density at radius 1 is 1.33 bits per heavy atom. The zero-order chi connectivity index (χ0) is 13.0. The molecule has 0 radical (unpaired) electrons. The number of amides is 1. The van der Waals surface area contributed by atoms with Crippen molar-refractivity contribution in [3.8, 4) is 5.75 Å². The van der Waals surface area contributed by atoms with E-state index in [9.17, 15) is 4.79 Å². The number of rotatable bonds is 3. The molecule has 98 valence electrons. The van der Waals surface area contributed by atoms with Crippen LogP contribution in [0.25, 0.3) is 0 Å². The summed E-state index contributed by atoms with van der Waals surface area (Å²) in [5.74, 6) is 0.687. The van der Waals surface area contributed by atoms with Crippen LogP contribution in [0.4, 0.5) is 0 Å². The molecule has 0 aliphatic carbocycles. The highest BCUT2D eigenvalue weighted by molar-refractivity contribution is 6.30. The van der Waals surface area contributed by atoms with E-state index in [4.69, 9.17) is 21.1 Å². The lowest BCUT2D eigenvalue weighted by Gasteiger charge is -2.28. The number of halogens is 1. The van der Waals surface area contributed by atoms with Gasteiger partial charge in [-0.05, 0) is 17.7 Å². The van der Waals surface area contributed by atoms with Crippen LogP contribution in [-0.2, 0) is 9.53 Å². The van der Waals surface area contributed by atoms with Crippen molar-refractivity contribution in [2.75, 3.05) is 33.4 Å². The number of hydrogen-bond donors (Lipinski definition) is 0. The molecule has 0 spiro atoms. The number of carbonyl (C=O) groups excluding carboxylic acids is 1. The molecule has 1 aromatic carbocycles. The minimum atomic E-state index is -0.644. The molecule has 0 saturated carbocycles. The first-order valence-electron chi connectivity index (χ1n) is 5.87. The number of morpholine rings is 1. The van der Waals surface area contributed by atoms with Gasteiger partial charge in [0.2, 0.25) is 5.91 Å². The van der Waals surface area contributed by atoms with E-state index in [2.05, 4.69) is 0 Å². The van der Waals surface area contributed by atoms with Gasteiger partial charge in [0.05, 0.1) is 20.3 Å². The molecule has 1 amide bonds. The molecule has 1 aliphatic rings. The Labute approximate surface area is 111 Å². The van der Waals surface area contributed by atoms with Crippen molar-refractivity contribution >= 4 is 17.5 Å². The number of ether oxygens (including phenoxy) is 2. The first-order valence-corrected chi connectivity index (χ1v) is 6.30. The molecule has 1 heterocycles. The summed E-state index contributed by atoms with van der Waals surface area (Å²) < 4.78 is 10.3. The van der Waals surface area contributed by atoms with Crippen molar-refractivity contribution < 1.29 is 14.3 Å². The van der Waals surface area contributed by atoms with Gasteiger partial charge in [0.1, 0.15) is 11.1 Å². The summed E-state index contributed by atoms with van der Waals surface area (Å²) in [6.07, 6.45) is 0. The Balaban J connectivity index is 2.04. The van der Waals surface area contributed by atoms with Crippen LogP contribution in [0.2, 0.25) is 0 Å². The largest absolute Gasteiger partial charge is 0.497 e. The Bertz CT molecular complexity index is 401. The summed E-state index contributed by atoms with van der Waals surface area (Å²) in [5, 5.41) is -0.644. The second-order valence-corrected chi connectivity index (χ2v) is 4.51. The quantitative estimate of drug-likeness (QED) is 0.786. The lowest BCUT2D eigenvalue weighted by molar-refractivity contribution is -0.134. The summed E-state index contributed by atoms with van der Waals surface area (Å²) >= 11 is 6.21. The molecule has 0 aromatic heterocycles. The molecule has 1 fully saturated rings. The van der Waals surface area contributed by atoms with E-state index in [1.165, 1.54) is 0 Å². The second-order valence-electron chi connectivity index (χ2n) is 4.07. The topological polar surface area (TPSA) is 38.8 Å². The van der Waals surface area contributed by atoms with Crippen LogP contribution < -0.4 is 4.74 Å². The predicted octanol–water partition coefficient (Wildman–Crippen LogP) is 1.83. The van der Waals surface area contributed by atoms with E-state index in [0.29, 0.717) is 26.3 Å². The predicted molar refractivity (Wildman–Crippen MR) is 69.0 cm³/mol. The van der Waals surface area contributed by atoms with Gasteiger partial charge in [0.25, 0.3) is 0 Å². The van der Waals surface area contributed by atoms with E-state index >= 15 is 0 Å². The van der Waals surface area contributed by atoms with Crippen molar-refractivity contribution in [2.24, 2.45) is 0 Å². The molecular weight excluding hydrogens is 254 g/mol. The third kappa shape index (κ3) is 2.94. The number of carbonyl (C=O) groups is 1. The van der Waals surface area contributed by atoms with Crippen LogP contribution in [0.5, 0.6) is 5.75 Å². The van der Waals surface area contributed by atoms with Gasteiger partial charge >= 0.3 is 0 Å². The van der Waals surface area contributed by atoms with E-state index in [1.807, 2.05) is 12.1 Å².